The van der Waals surface area contributed by atoms with Crippen LogP contribution < -0.4 is 10.1 Å². The number of nitrogens with one attached hydrogen (secondary N) is 1. The minimum Gasteiger partial charge on any atom is -0.435 e. The number of ether oxygens (including phenoxy) is 1. The summed E-state index contributed by atoms with van der Waals surface area (Å²) in [6, 6.07) is 0. The summed E-state index contributed by atoms with van der Waals surface area (Å²) in [6.45, 7) is 9.88. The molecule has 1 N–H and O–H groups in total. The van der Waals surface area contributed by atoms with Crippen LogP contribution in [0.2, 0.25) is 0 Å². The van der Waals surface area contributed by atoms with E-state index in [2.05, 4.69) is 22.4 Å². The Bertz CT molecular complexity index is 627. The van der Waals surface area contributed by atoms with Crippen molar-refractivity contribution in [1.29, 1.82) is 0 Å². The van der Waals surface area contributed by atoms with Crippen molar-refractivity contribution in [2.24, 2.45) is 14.1 Å². The van der Waals surface area contributed by atoms with Crippen LogP contribution in [0.1, 0.15) is 36.0 Å². The van der Waals surface area contributed by atoms with Crippen LogP contribution in [0.15, 0.2) is 0 Å². The molecule has 21 heavy (non-hydrogen) atoms. The number of aromatic nitrogens is 4. The van der Waals surface area contributed by atoms with Gasteiger partial charge in [-0.15, -0.1) is 0 Å². The second kappa shape index (κ2) is 6.30. The van der Waals surface area contributed by atoms with Gasteiger partial charge in [0.1, 0.15) is 5.69 Å². The Balaban J connectivity index is 2.30. The van der Waals surface area contributed by atoms with E-state index in [1.54, 1.807) is 4.68 Å². The van der Waals surface area contributed by atoms with Crippen LogP contribution >= 0.6 is 0 Å². The van der Waals surface area contributed by atoms with Gasteiger partial charge in [0.2, 0.25) is 5.88 Å². The predicted molar refractivity (Wildman–Crippen MR) is 82.7 cm³/mol. The molecule has 0 unspecified atom stereocenters. The molecule has 0 atom stereocenters. The number of nitrogens with zero attached hydrogens (tertiary/aromatic N) is 4. The van der Waals surface area contributed by atoms with E-state index >= 15 is 0 Å². The predicted octanol–water partition coefficient (Wildman–Crippen LogP) is 2.37. The van der Waals surface area contributed by atoms with Crippen molar-refractivity contribution >= 4 is 0 Å². The number of aryl methyl sites for hydroxylation is 4. The second-order valence-corrected chi connectivity index (χ2v) is 5.40. The van der Waals surface area contributed by atoms with Crippen molar-refractivity contribution < 1.29 is 4.74 Å². The summed E-state index contributed by atoms with van der Waals surface area (Å²) >= 11 is 0. The fraction of sp³-hybridized carbons (Fsp3) is 0.600. The van der Waals surface area contributed by atoms with Crippen molar-refractivity contribution in [3.8, 4) is 11.6 Å². The molecule has 2 aromatic rings. The summed E-state index contributed by atoms with van der Waals surface area (Å²) in [5.74, 6) is 1.60. The van der Waals surface area contributed by atoms with Gasteiger partial charge in [0.05, 0.1) is 17.0 Å². The van der Waals surface area contributed by atoms with Gasteiger partial charge in [-0.05, 0) is 33.7 Å². The highest BCUT2D eigenvalue weighted by Crippen LogP contribution is 2.31. The standard InChI is InChI=1S/C15H25N5O/c1-7-8-16-9-13-10(2)17-20(6)15(13)21-14-11(3)18-19(5)12(14)4/h16H,7-9H2,1-6H3. The van der Waals surface area contributed by atoms with Gasteiger partial charge in [0.25, 0.3) is 0 Å². The lowest BCUT2D eigenvalue weighted by Gasteiger charge is -2.10. The van der Waals surface area contributed by atoms with Gasteiger partial charge >= 0.3 is 0 Å². The van der Waals surface area contributed by atoms with Gasteiger partial charge in [-0.25, -0.2) is 4.68 Å². The zero-order valence-corrected chi connectivity index (χ0v) is 13.8. The second-order valence-electron chi connectivity index (χ2n) is 5.40. The Morgan fingerprint density at radius 2 is 1.71 bits per heavy atom. The largest absolute Gasteiger partial charge is 0.435 e. The van der Waals surface area contributed by atoms with Crippen LogP contribution in [-0.4, -0.2) is 26.1 Å². The number of rotatable bonds is 6. The first kappa shape index (κ1) is 15.6. The van der Waals surface area contributed by atoms with Gasteiger partial charge in [0.15, 0.2) is 5.75 Å². The van der Waals surface area contributed by atoms with Crippen molar-refractivity contribution in [2.75, 3.05) is 6.54 Å². The van der Waals surface area contributed by atoms with E-state index in [-0.39, 0.29) is 0 Å². The van der Waals surface area contributed by atoms with Crippen LogP contribution in [0, 0.1) is 20.8 Å². The third kappa shape index (κ3) is 3.10. The molecule has 0 aliphatic heterocycles. The summed E-state index contributed by atoms with van der Waals surface area (Å²) < 4.78 is 9.78. The lowest BCUT2D eigenvalue weighted by Crippen LogP contribution is -2.14. The number of hydrogen-bond acceptors (Lipinski definition) is 4. The van der Waals surface area contributed by atoms with E-state index in [1.165, 1.54) is 0 Å². The van der Waals surface area contributed by atoms with Crippen molar-refractivity contribution in [3.05, 3.63) is 22.6 Å². The summed E-state index contributed by atoms with van der Waals surface area (Å²) in [5, 5.41) is 12.3. The van der Waals surface area contributed by atoms with Crippen molar-refractivity contribution in [1.82, 2.24) is 24.9 Å². The summed E-state index contributed by atoms with van der Waals surface area (Å²) in [7, 11) is 3.83. The van der Waals surface area contributed by atoms with Gasteiger partial charge in [-0.3, -0.25) is 4.68 Å². The molecule has 0 spiro atoms. The summed E-state index contributed by atoms with van der Waals surface area (Å²) in [4.78, 5) is 0. The molecule has 0 amide bonds. The Morgan fingerprint density at radius 3 is 2.29 bits per heavy atom. The molecule has 0 saturated carbocycles. The van der Waals surface area contributed by atoms with Gasteiger partial charge < -0.3 is 10.1 Å². The number of hydrogen-bond donors (Lipinski definition) is 1. The molecule has 2 aromatic heterocycles. The molecule has 0 aliphatic rings. The highest BCUT2D eigenvalue weighted by atomic mass is 16.5. The molecule has 2 heterocycles. The minimum absolute atomic E-state index is 0.765. The smallest absolute Gasteiger partial charge is 0.222 e. The van der Waals surface area contributed by atoms with E-state index in [9.17, 15) is 0 Å². The van der Waals surface area contributed by atoms with E-state index in [1.807, 2.05) is 39.5 Å². The topological polar surface area (TPSA) is 56.9 Å². The Hall–Kier alpha value is -1.82. The van der Waals surface area contributed by atoms with E-state index in [0.717, 1.165) is 53.8 Å². The molecular formula is C15H25N5O. The molecule has 0 fully saturated rings. The first-order valence-corrected chi connectivity index (χ1v) is 7.36. The van der Waals surface area contributed by atoms with Crippen molar-refractivity contribution in [2.45, 2.75) is 40.7 Å². The molecule has 0 aromatic carbocycles. The Kier molecular flexibility index (Phi) is 4.67. The third-order valence-corrected chi connectivity index (χ3v) is 3.66. The zero-order valence-electron chi connectivity index (χ0n) is 13.8. The Labute approximate surface area is 126 Å². The highest BCUT2D eigenvalue weighted by molar-refractivity contribution is 5.39. The average molecular weight is 291 g/mol. The van der Waals surface area contributed by atoms with Crippen LogP contribution in [-0.2, 0) is 20.6 Å². The summed E-state index contributed by atoms with van der Waals surface area (Å²) in [5.41, 5.74) is 4.00. The first-order valence-electron chi connectivity index (χ1n) is 7.36. The first-order chi connectivity index (χ1) is 9.95. The average Bonchev–Trinajstić information content (AvgIpc) is 2.82. The summed E-state index contributed by atoms with van der Waals surface area (Å²) in [6.07, 6.45) is 1.11. The van der Waals surface area contributed by atoms with Gasteiger partial charge in [-0.2, -0.15) is 10.2 Å². The van der Waals surface area contributed by atoms with Crippen molar-refractivity contribution in [3.63, 3.8) is 0 Å². The molecule has 0 radical (unpaired) electrons. The molecular weight excluding hydrogens is 266 g/mol. The third-order valence-electron chi connectivity index (χ3n) is 3.66. The quantitative estimate of drug-likeness (QED) is 0.830. The molecule has 6 nitrogen and oxygen atoms in total. The molecule has 0 bridgehead atoms. The van der Waals surface area contributed by atoms with Gasteiger partial charge in [0, 0.05) is 20.6 Å². The molecule has 2 rings (SSSR count). The van der Waals surface area contributed by atoms with E-state index < -0.39 is 0 Å². The lowest BCUT2D eigenvalue weighted by molar-refractivity contribution is 0.418. The molecule has 0 aliphatic carbocycles. The Morgan fingerprint density at radius 1 is 1.05 bits per heavy atom. The maximum atomic E-state index is 6.15. The monoisotopic (exact) mass is 291 g/mol. The normalized spacial score (nSPS) is 11.1. The lowest BCUT2D eigenvalue weighted by atomic mass is 10.2. The van der Waals surface area contributed by atoms with Crippen LogP contribution in [0.3, 0.4) is 0 Å². The van der Waals surface area contributed by atoms with E-state index in [4.69, 9.17) is 4.74 Å². The molecule has 116 valence electrons. The fourth-order valence-electron chi connectivity index (χ4n) is 2.40. The van der Waals surface area contributed by atoms with Crippen LogP contribution in [0.5, 0.6) is 11.6 Å². The minimum atomic E-state index is 0.765. The maximum Gasteiger partial charge on any atom is 0.222 e. The zero-order chi connectivity index (χ0) is 15.6. The molecule has 0 saturated heterocycles. The SMILES string of the molecule is CCCNCc1c(C)nn(C)c1Oc1c(C)nn(C)c1C. The van der Waals surface area contributed by atoms with E-state index in [0.29, 0.717) is 0 Å². The van der Waals surface area contributed by atoms with Gasteiger partial charge in [-0.1, -0.05) is 6.92 Å². The highest BCUT2D eigenvalue weighted by Gasteiger charge is 2.19. The maximum absolute atomic E-state index is 6.15. The fourth-order valence-corrected chi connectivity index (χ4v) is 2.40. The van der Waals surface area contributed by atoms with Crippen LogP contribution in [0.4, 0.5) is 0 Å². The van der Waals surface area contributed by atoms with Crippen LogP contribution in [0.25, 0.3) is 0 Å². The molecule has 6 heteroatoms.